The minimum absolute atomic E-state index is 0.261. The van der Waals surface area contributed by atoms with Gasteiger partial charge in [0.1, 0.15) is 0 Å². The summed E-state index contributed by atoms with van der Waals surface area (Å²) >= 11 is 3.50. The van der Waals surface area contributed by atoms with Crippen LogP contribution in [0.1, 0.15) is 53.9 Å². The first-order valence-corrected chi connectivity index (χ1v) is 14.0. The van der Waals surface area contributed by atoms with Crippen molar-refractivity contribution in [1.29, 1.82) is 0 Å². The molecule has 0 fully saturated rings. The molecule has 0 radical (unpaired) electrons. The number of nitrogens with zero attached hydrogens (tertiary/aromatic N) is 2. The summed E-state index contributed by atoms with van der Waals surface area (Å²) in [7, 11) is 0. The molecule has 0 saturated heterocycles. The third-order valence-corrected chi connectivity index (χ3v) is 7.67. The van der Waals surface area contributed by atoms with Gasteiger partial charge in [-0.3, -0.25) is 14.4 Å². The van der Waals surface area contributed by atoms with Crippen molar-refractivity contribution in [3.63, 3.8) is 0 Å². The lowest BCUT2D eigenvalue weighted by molar-refractivity contribution is 0.0320. The number of rotatable bonds is 6. The molecular weight excluding hydrogens is 596 g/mol. The Morgan fingerprint density at radius 2 is 1.45 bits per heavy atom. The molecule has 4 aromatic carbocycles. The van der Waals surface area contributed by atoms with Gasteiger partial charge in [0.05, 0.1) is 33.6 Å². The van der Waals surface area contributed by atoms with Crippen molar-refractivity contribution >= 4 is 56.1 Å². The van der Waals surface area contributed by atoms with Gasteiger partial charge in [0, 0.05) is 21.0 Å². The minimum Gasteiger partial charge on any atom is -0.451 e. The van der Waals surface area contributed by atoms with Crippen LogP contribution in [0.15, 0.2) is 102 Å². The predicted octanol–water partition coefficient (Wildman–Crippen LogP) is 7.20. The Bertz CT molecular complexity index is 1880. The zero-order chi connectivity index (χ0) is 29.5. The second kappa shape index (κ2) is 10.8. The number of amides is 2. The molecule has 2 heterocycles. The topological polar surface area (TPSA) is 93.6 Å². The number of pyridine rings is 1. The van der Waals surface area contributed by atoms with E-state index in [1.807, 2.05) is 19.1 Å². The highest BCUT2D eigenvalue weighted by atomic mass is 79.9. The molecule has 1 aromatic heterocycles. The van der Waals surface area contributed by atoms with E-state index < -0.39 is 12.1 Å². The van der Waals surface area contributed by atoms with Gasteiger partial charge in [-0.2, -0.15) is 0 Å². The zero-order valence-corrected chi connectivity index (χ0v) is 24.2. The molecule has 206 valence electrons. The van der Waals surface area contributed by atoms with Crippen molar-refractivity contribution < 1.29 is 23.9 Å². The summed E-state index contributed by atoms with van der Waals surface area (Å²) in [6.45, 7) is 3.45. The van der Waals surface area contributed by atoms with Crippen molar-refractivity contribution in [2.75, 3.05) is 4.90 Å². The number of anilines is 1. The molecule has 2 amide bonds. The van der Waals surface area contributed by atoms with E-state index in [-0.39, 0.29) is 23.2 Å². The van der Waals surface area contributed by atoms with Crippen LogP contribution in [-0.2, 0) is 4.74 Å². The second-order valence-electron chi connectivity index (χ2n) is 9.99. The van der Waals surface area contributed by atoms with Crippen LogP contribution in [0, 0.1) is 6.92 Å². The highest BCUT2D eigenvalue weighted by Gasteiger charge is 2.36. The largest absolute Gasteiger partial charge is 0.451 e. The predicted molar refractivity (Wildman–Crippen MR) is 163 cm³/mol. The first kappa shape index (κ1) is 27.2. The maximum atomic E-state index is 13.5. The van der Waals surface area contributed by atoms with Gasteiger partial charge >= 0.3 is 5.97 Å². The summed E-state index contributed by atoms with van der Waals surface area (Å²) in [6, 6.07) is 27.6. The Hall–Kier alpha value is -4.95. The number of aromatic nitrogens is 1. The van der Waals surface area contributed by atoms with Gasteiger partial charge in [-0.25, -0.2) is 14.7 Å². The number of hydrogen-bond donors (Lipinski definition) is 0. The van der Waals surface area contributed by atoms with Gasteiger partial charge < -0.3 is 4.74 Å². The Morgan fingerprint density at radius 1 is 0.833 bits per heavy atom. The molecule has 42 heavy (non-hydrogen) atoms. The minimum atomic E-state index is -1.00. The lowest BCUT2D eigenvalue weighted by Gasteiger charge is -2.16. The van der Waals surface area contributed by atoms with Crippen LogP contribution in [0.25, 0.3) is 22.2 Å². The van der Waals surface area contributed by atoms with Gasteiger partial charge in [-0.15, -0.1) is 0 Å². The molecule has 6 rings (SSSR count). The molecule has 1 atom stereocenters. The number of ether oxygens (including phenoxy) is 1. The number of imide groups is 1. The fourth-order valence-corrected chi connectivity index (χ4v) is 5.67. The van der Waals surface area contributed by atoms with Crippen molar-refractivity contribution in [2.45, 2.75) is 20.0 Å². The van der Waals surface area contributed by atoms with E-state index in [4.69, 9.17) is 9.72 Å². The van der Waals surface area contributed by atoms with E-state index in [2.05, 4.69) is 15.9 Å². The van der Waals surface area contributed by atoms with E-state index in [9.17, 15) is 19.2 Å². The van der Waals surface area contributed by atoms with Crippen LogP contribution < -0.4 is 4.90 Å². The maximum Gasteiger partial charge on any atom is 0.339 e. The average Bonchev–Trinajstić information content (AvgIpc) is 3.26. The fourth-order valence-electron chi connectivity index (χ4n) is 5.09. The van der Waals surface area contributed by atoms with Crippen molar-refractivity contribution in [3.8, 4) is 11.3 Å². The molecular formula is C34H23BrN2O5. The van der Waals surface area contributed by atoms with Crippen LogP contribution >= 0.6 is 15.9 Å². The van der Waals surface area contributed by atoms with Crippen LogP contribution in [-0.4, -0.2) is 34.7 Å². The van der Waals surface area contributed by atoms with E-state index in [0.717, 1.165) is 14.9 Å². The van der Waals surface area contributed by atoms with Crippen molar-refractivity contribution in [1.82, 2.24) is 4.98 Å². The number of benzene rings is 4. The van der Waals surface area contributed by atoms with E-state index >= 15 is 0 Å². The van der Waals surface area contributed by atoms with Gasteiger partial charge in [0.2, 0.25) is 5.78 Å². The molecule has 0 saturated carbocycles. The fraction of sp³-hybridized carbons (Fsp3) is 0.0882. The third-order valence-electron chi connectivity index (χ3n) is 7.22. The number of fused-ring (bicyclic) bond motifs is 2. The Morgan fingerprint density at radius 3 is 2.10 bits per heavy atom. The Labute approximate surface area is 249 Å². The number of hydrogen-bond acceptors (Lipinski definition) is 6. The number of aryl methyl sites for hydroxylation is 1. The molecule has 0 N–H and O–H groups in total. The van der Waals surface area contributed by atoms with E-state index in [1.54, 1.807) is 91.9 Å². The monoisotopic (exact) mass is 618 g/mol. The standard InChI is InChI=1S/C34H23BrN2O5/c1-19-16-23(35)17-27-28(34(41)42-20(2)31(38)22-8-4-3-5-9-22)18-29(36-30(19)27)21-12-14-24(15-13-21)37-32(39)25-10-6-7-11-26(25)33(37)40/h3-18,20H,1-2H3. The van der Waals surface area contributed by atoms with Crippen LogP contribution in [0.4, 0.5) is 5.69 Å². The second-order valence-corrected chi connectivity index (χ2v) is 10.9. The van der Waals surface area contributed by atoms with Gasteiger partial charge in [-0.05, 0) is 61.9 Å². The Kier molecular flexibility index (Phi) is 7.00. The first-order valence-electron chi connectivity index (χ1n) is 13.2. The molecule has 0 spiro atoms. The number of Topliss-reactive ketones (excluding diaryl/α,β-unsaturated/α-hetero) is 1. The van der Waals surface area contributed by atoms with Crippen LogP contribution in [0.3, 0.4) is 0 Å². The molecule has 0 bridgehead atoms. The number of esters is 1. The van der Waals surface area contributed by atoms with Crippen LogP contribution in [0.5, 0.6) is 0 Å². The molecule has 0 aliphatic carbocycles. The van der Waals surface area contributed by atoms with Crippen LogP contribution in [0.2, 0.25) is 0 Å². The van der Waals surface area contributed by atoms with E-state index in [0.29, 0.717) is 44.5 Å². The SMILES string of the molecule is Cc1cc(Br)cc2c(C(=O)OC(C)C(=O)c3ccccc3)cc(-c3ccc(N4C(=O)c5ccccc5C4=O)cc3)nc12. The summed E-state index contributed by atoms with van der Waals surface area (Å²) in [5.41, 5.74) is 4.49. The highest BCUT2D eigenvalue weighted by molar-refractivity contribution is 9.10. The summed E-state index contributed by atoms with van der Waals surface area (Å²) in [5.74, 6) is -1.71. The number of ketones is 1. The quantitative estimate of drug-likeness (QED) is 0.113. The number of carbonyl (C=O) groups excluding carboxylic acids is 4. The number of halogens is 1. The molecule has 1 aliphatic rings. The smallest absolute Gasteiger partial charge is 0.339 e. The maximum absolute atomic E-state index is 13.5. The van der Waals surface area contributed by atoms with Gasteiger partial charge in [-0.1, -0.05) is 70.5 Å². The molecule has 7 nitrogen and oxygen atoms in total. The molecule has 1 aliphatic heterocycles. The van der Waals surface area contributed by atoms with Crippen molar-refractivity contribution in [3.05, 3.63) is 129 Å². The van der Waals surface area contributed by atoms with Crippen molar-refractivity contribution in [2.24, 2.45) is 0 Å². The first-order chi connectivity index (χ1) is 20.2. The number of carbonyl (C=O) groups is 4. The summed E-state index contributed by atoms with van der Waals surface area (Å²) < 4.78 is 6.43. The summed E-state index contributed by atoms with van der Waals surface area (Å²) in [6.07, 6.45) is -1.00. The molecule has 1 unspecified atom stereocenters. The average molecular weight is 619 g/mol. The summed E-state index contributed by atoms with van der Waals surface area (Å²) in [5, 5.41) is 0.581. The summed E-state index contributed by atoms with van der Waals surface area (Å²) in [4.78, 5) is 58.3. The highest BCUT2D eigenvalue weighted by Crippen LogP contribution is 2.33. The lowest BCUT2D eigenvalue weighted by atomic mass is 10.0. The van der Waals surface area contributed by atoms with Gasteiger partial charge in [0.15, 0.2) is 6.10 Å². The molecule has 5 aromatic rings. The van der Waals surface area contributed by atoms with E-state index in [1.165, 1.54) is 0 Å². The third kappa shape index (κ3) is 4.80. The zero-order valence-electron chi connectivity index (χ0n) is 22.6. The normalized spacial score (nSPS) is 13.3. The van der Waals surface area contributed by atoms with Gasteiger partial charge in [0.25, 0.3) is 11.8 Å². The lowest BCUT2D eigenvalue weighted by Crippen LogP contribution is -2.29. The Balaban J connectivity index is 1.35. The molecule has 8 heteroatoms.